The fourth-order valence-electron chi connectivity index (χ4n) is 4.34. The van der Waals surface area contributed by atoms with Gasteiger partial charge in [0.25, 0.3) is 11.5 Å². The molecule has 0 bridgehead atoms. The van der Waals surface area contributed by atoms with Gasteiger partial charge >= 0.3 is 5.97 Å². The van der Waals surface area contributed by atoms with Crippen LogP contribution in [0.4, 0.5) is 5.69 Å². The molecule has 0 saturated heterocycles. The van der Waals surface area contributed by atoms with Crippen molar-refractivity contribution < 1.29 is 19.1 Å². The third-order valence-electron chi connectivity index (χ3n) is 6.41. The predicted molar refractivity (Wildman–Crippen MR) is 148 cm³/mol. The first kappa shape index (κ1) is 25.5. The molecule has 0 atom stereocenters. The van der Waals surface area contributed by atoms with Gasteiger partial charge in [-0.05, 0) is 42.8 Å². The summed E-state index contributed by atoms with van der Waals surface area (Å²) in [6.45, 7) is 1.60. The van der Waals surface area contributed by atoms with Gasteiger partial charge in [0.15, 0.2) is 6.61 Å². The summed E-state index contributed by atoms with van der Waals surface area (Å²) in [4.78, 5) is 45.0. The first-order valence-corrected chi connectivity index (χ1v) is 12.2. The van der Waals surface area contributed by atoms with Gasteiger partial charge in [-0.1, -0.05) is 60.7 Å². The average Bonchev–Trinajstić information content (AvgIpc) is 3.39. The summed E-state index contributed by atoms with van der Waals surface area (Å²) in [5.41, 5.74) is 2.81. The molecule has 2 heterocycles. The van der Waals surface area contributed by atoms with Crippen LogP contribution >= 0.6 is 0 Å². The first-order chi connectivity index (χ1) is 18.9. The van der Waals surface area contributed by atoms with E-state index in [-0.39, 0.29) is 23.6 Å². The molecule has 5 rings (SSSR count). The molecular weight excluding hydrogens is 496 g/mol. The minimum absolute atomic E-state index is 0.186. The topological polar surface area (TPSA) is 95.1 Å². The van der Waals surface area contributed by atoms with Gasteiger partial charge in [0.2, 0.25) is 0 Å². The lowest BCUT2D eigenvalue weighted by atomic mass is 10.1. The summed E-state index contributed by atoms with van der Waals surface area (Å²) in [6, 6.07) is 25.4. The van der Waals surface area contributed by atoms with Gasteiger partial charge in [0.1, 0.15) is 23.0 Å². The number of benzene rings is 3. The molecule has 0 unspecified atom stereocenters. The summed E-state index contributed by atoms with van der Waals surface area (Å²) < 4.78 is 13.2. The first-order valence-electron chi connectivity index (χ1n) is 12.2. The van der Waals surface area contributed by atoms with E-state index in [0.717, 1.165) is 0 Å². The van der Waals surface area contributed by atoms with Crippen LogP contribution in [0.3, 0.4) is 0 Å². The number of hydrogen-bond donors (Lipinski definition) is 0. The molecule has 39 heavy (non-hydrogen) atoms. The number of methoxy groups -OCH3 is 1. The SMILES string of the molecule is COC(=O)COc1ccc(/C=C2/N=C(c3ccccc3)N(c3c(C)n(C)n(-c4ccccc4)c3=O)C2=O)cc1. The van der Waals surface area contributed by atoms with Gasteiger partial charge in [-0.25, -0.2) is 14.5 Å². The number of carbonyl (C=O) groups excluding carboxylic acids is 2. The second-order valence-corrected chi connectivity index (χ2v) is 8.82. The van der Waals surface area contributed by atoms with Crippen LogP contribution in [0.15, 0.2) is 100 Å². The van der Waals surface area contributed by atoms with Crippen LogP contribution in [0.2, 0.25) is 0 Å². The quantitative estimate of drug-likeness (QED) is 0.271. The zero-order valence-corrected chi connectivity index (χ0v) is 21.7. The number of nitrogens with zero attached hydrogens (tertiary/aromatic N) is 4. The summed E-state index contributed by atoms with van der Waals surface area (Å²) >= 11 is 0. The van der Waals surface area contributed by atoms with Crippen molar-refractivity contribution in [1.82, 2.24) is 9.36 Å². The Morgan fingerprint density at radius 2 is 1.56 bits per heavy atom. The molecule has 0 fully saturated rings. The van der Waals surface area contributed by atoms with E-state index in [1.165, 1.54) is 16.7 Å². The van der Waals surface area contributed by atoms with E-state index in [2.05, 4.69) is 9.73 Å². The Labute approximate surface area is 224 Å². The lowest BCUT2D eigenvalue weighted by Crippen LogP contribution is -2.36. The average molecular weight is 523 g/mol. The van der Waals surface area contributed by atoms with Gasteiger partial charge in [-0.3, -0.25) is 19.2 Å². The van der Waals surface area contributed by atoms with Gasteiger partial charge in [-0.2, -0.15) is 0 Å². The van der Waals surface area contributed by atoms with Crippen molar-refractivity contribution in [3.63, 3.8) is 0 Å². The normalized spacial score (nSPS) is 14.0. The van der Waals surface area contributed by atoms with Crippen LogP contribution in [0.25, 0.3) is 11.8 Å². The second-order valence-electron chi connectivity index (χ2n) is 8.82. The van der Waals surface area contributed by atoms with Crippen molar-refractivity contribution in [2.24, 2.45) is 12.0 Å². The Morgan fingerprint density at radius 3 is 2.21 bits per heavy atom. The molecule has 9 nitrogen and oxygen atoms in total. The number of rotatable bonds is 7. The van der Waals surface area contributed by atoms with Crippen molar-refractivity contribution in [3.8, 4) is 11.4 Å². The number of para-hydroxylation sites is 1. The van der Waals surface area contributed by atoms with E-state index in [4.69, 9.17) is 4.74 Å². The maximum Gasteiger partial charge on any atom is 0.343 e. The van der Waals surface area contributed by atoms with Crippen molar-refractivity contribution in [2.45, 2.75) is 6.92 Å². The third-order valence-corrected chi connectivity index (χ3v) is 6.41. The zero-order valence-electron chi connectivity index (χ0n) is 21.7. The van der Waals surface area contributed by atoms with Gasteiger partial charge in [0.05, 0.1) is 18.5 Å². The Kier molecular flexibility index (Phi) is 6.96. The predicted octanol–water partition coefficient (Wildman–Crippen LogP) is 3.87. The van der Waals surface area contributed by atoms with Gasteiger partial charge < -0.3 is 9.47 Å². The summed E-state index contributed by atoms with van der Waals surface area (Å²) in [5, 5.41) is 0. The standard InChI is InChI=1S/C30H26N4O5/c1-20-27(30(37)34(32(20)2)23-12-8-5-9-13-23)33-28(22-10-6-4-7-11-22)31-25(29(33)36)18-21-14-16-24(17-15-21)39-19-26(35)38-3/h4-18H,19H2,1-3H3/b25-18+. The molecule has 196 valence electrons. The Morgan fingerprint density at radius 1 is 0.923 bits per heavy atom. The molecule has 1 aliphatic rings. The monoisotopic (exact) mass is 522 g/mol. The van der Waals surface area contributed by atoms with Crippen LogP contribution < -0.4 is 15.2 Å². The number of anilines is 1. The van der Waals surface area contributed by atoms with Crippen molar-refractivity contribution in [2.75, 3.05) is 18.6 Å². The molecule has 1 amide bonds. The lowest BCUT2D eigenvalue weighted by molar-refractivity contribution is -0.142. The molecule has 9 heteroatoms. The number of hydrogen-bond acceptors (Lipinski definition) is 6. The van der Waals surface area contributed by atoms with Crippen LogP contribution in [-0.2, 0) is 21.4 Å². The van der Waals surface area contributed by atoms with Crippen molar-refractivity contribution >= 4 is 29.5 Å². The highest BCUT2D eigenvalue weighted by Crippen LogP contribution is 2.29. The highest BCUT2D eigenvalue weighted by atomic mass is 16.6. The second kappa shape index (κ2) is 10.7. The van der Waals surface area contributed by atoms with E-state index < -0.39 is 11.9 Å². The number of esters is 1. The number of amidine groups is 1. The molecule has 0 spiro atoms. The summed E-state index contributed by atoms with van der Waals surface area (Å²) in [6.07, 6.45) is 1.66. The minimum atomic E-state index is -0.483. The smallest absolute Gasteiger partial charge is 0.343 e. The van der Waals surface area contributed by atoms with E-state index >= 15 is 0 Å². The fraction of sp³-hybridized carbons (Fsp3) is 0.133. The van der Waals surface area contributed by atoms with Gasteiger partial charge in [0, 0.05) is 12.6 Å². The molecule has 4 aromatic rings. The molecule has 1 aliphatic heterocycles. The van der Waals surface area contributed by atoms with Crippen LogP contribution in [0, 0.1) is 6.92 Å². The molecule has 0 N–H and O–H groups in total. The van der Waals surface area contributed by atoms with E-state index in [0.29, 0.717) is 34.1 Å². The van der Waals surface area contributed by atoms with Crippen LogP contribution in [0.5, 0.6) is 5.75 Å². The Hall–Kier alpha value is -5.18. The Bertz CT molecular complexity index is 1650. The van der Waals surface area contributed by atoms with E-state index in [9.17, 15) is 14.4 Å². The third kappa shape index (κ3) is 4.89. The molecule has 0 saturated carbocycles. The van der Waals surface area contributed by atoms with E-state index in [1.54, 1.807) is 49.0 Å². The molecule has 0 aliphatic carbocycles. The highest BCUT2D eigenvalue weighted by Gasteiger charge is 2.37. The number of aliphatic imine (C=N–C) groups is 1. The number of carbonyl (C=O) groups is 2. The van der Waals surface area contributed by atoms with Gasteiger partial charge in [-0.15, -0.1) is 0 Å². The van der Waals surface area contributed by atoms with Crippen LogP contribution in [0.1, 0.15) is 16.8 Å². The zero-order chi connectivity index (χ0) is 27.5. The highest BCUT2D eigenvalue weighted by molar-refractivity contribution is 6.33. The van der Waals surface area contributed by atoms with E-state index in [1.807, 2.05) is 60.7 Å². The minimum Gasteiger partial charge on any atom is -0.482 e. The summed E-state index contributed by atoms with van der Waals surface area (Å²) in [7, 11) is 3.08. The number of ether oxygens (including phenoxy) is 2. The molecular formula is C30H26N4O5. The summed E-state index contributed by atoms with van der Waals surface area (Å²) in [5.74, 6) is -0.0401. The van der Waals surface area contributed by atoms with Crippen molar-refractivity contribution in [1.29, 1.82) is 0 Å². The van der Waals surface area contributed by atoms with Crippen LogP contribution in [-0.4, -0.2) is 40.8 Å². The molecule has 3 aromatic carbocycles. The fourth-order valence-corrected chi connectivity index (χ4v) is 4.34. The number of aromatic nitrogens is 2. The largest absolute Gasteiger partial charge is 0.482 e. The number of amides is 1. The molecule has 1 aromatic heterocycles. The lowest BCUT2D eigenvalue weighted by Gasteiger charge is -2.17. The maximum atomic E-state index is 13.8. The molecule has 0 radical (unpaired) electrons. The maximum absolute atomic E-state index is 13.8. The van der Waals surface area contributed by atoms with Crippen molar-refractivity contribution in [3.05, 3.63) is 118 Å². The Balaban J connectivity index is 1.56.